The molecule has 5 rings (SSSR count). The van der Waals surface area contributed by atoms with Crippen molar-refractivity contribution in [1.29, 1.82) is 0 Å². The number of aryl methyl sites for hydroxylation is 1. The molecule has 1 aliphatic heterocycles. The zero-order valence-electron chi connectivity index (χ0n) is 14.7. The second-order valence-electron chi connectivity index (χ2n) is 6.69. The number of amides is 1. The van der Waals surface area contributed by atoms with Gasteiger partial charge in [-0.25, -0.2) is 9.50 Å². The zero-order valence-corrected chi connectivity index (χ0v) is 14.7. The maximum absolute atomic E-state index is 11.6. The van der Waals surface area contributed by atoms with Gasteiger partial charge < -0.3 is 10.6 Å². The Morgan fingerprint density at radius 2 is 1.89 bits per heavy atom. The summed E-state index contributed by atoms with van der Waals surface area (Å²) in [6.07, 6.45) is 3.67. The predicted molar refractivity (Wildman–Crippen MR) is 100 cm³/mol. The van der Waals surface area contributed by atoms with E-state index in [2.05, 4.69) is 39.4 Å². The lowest BCUT2D eigenvalue weighted by Gasteiger charge is -2.18. The molecule has 0 unspecified atom stereocenters. The number of nitrogens with zero attached hydrogens (tertiary/aromatic N) is 6. The number of rotatable bonds is 3. The highest BCUT2D eigenvalue weighted by molar-refractivity contribution is 5.92. The van der Waals surface area contributed by atoms with E-state index in [1.165, 1.54) is 11.1 Å². The van der Waals surface area contributed by atoms with Crippen molar-refractivity contribution in [3.05, 3.63) is 65.6 Å². The number of hydrogen-bond donors (Lipinski definition) is 1. The molecule has 8 heteroatoms. The molecule has 0 spiro atoms. The molecule has 134 valence electrons. The molecule has 0 saturated carbocycles. The van der Waals surface area contributed by atoms with Crippen molar-refractivity contribution in [1.82, 2.24) is 24.4 Å². The number of primary amides is 1. The Balaban J connectivity index is 1.67. The Hall–Kier alpha value is -3.68. The summed E-state index contributed by atoms with van der Waals surface area (Å²) >= 11 is 0. The highest BCUT2D eigenvalue weighted by Crippen LogP contribution is 2.30. The third-order valence-electron chi connectivity index (χ3n) is 4.83. The third kappa shape index (κ3) is 2.53. The van der Waals surface area contributed by atoms with E-state index in [1.54, 1.807) is 21.5 Å². The molecule has 2 N–H and O–H groups in total. The molecule has 4 aromatic rings. The Bertz CT molecular complexity index is 1160. The Kier molecular flexibility index (Phi) is 3.27. The van der Waals surface area contributed by atoms with Crippen LogP contribution in [0.2, 0.25) is 0 Å². The Morgan fingerprint density at radius 1 is 1.15 bits per heavy atom. The molecule has 0 fully saturated rings. The average Bonchev–Trinajstić information content (AvgIpc) is 3.37. The van der Waals surface area contributed by atoms with Crippen molar-refractivity contribution in [2.24, 2.45) is 12.8 Å². The summed E-state index contributed by atoms with van der Waals surface area (Å²) < 4.78 is 3.37. The van der Waals surface area contributed by atoms with Gasteiger partial charge in [0, 0.05) is 44.0 Å². The van der Waals surface area contributed by atoms with Crippen LogP contribution in [-0.2, 0) is 20.1 Å². The molecule has 1 aromatic carbocycles. The molecule has 0 radical (unpaired) electrons. The predicted octanol–water partition coefficient (Wildman–Crippen LogP) is 1.75. The molecule has 0 aliphatic carbocycles. The minimum Gasteiger partial charge on any atom is -0.364 e. The first-order valence-corrected chi connectivity index (χ1v) is 8.60. The lowest BCUT2D eigenvalue weighted by atomic mass is 10.1. The van der Waals surface area contributed by atoms with Gasteiger partial charge in [-0.2, -0.15) is 10.2 Å². The Labute approximate surface area is 154 Å². The quantitative estimate of drug-likeness (QED) is 0.601. The normalized spacial score (nSPS) is 13.3. The number of benzene rings is 1. The standard InChI is InChI=1S/C19H17N7O/c1-24-9-14(8-21-24)16-7-17(22-18-6-15(19(20)27)23-26(16)18)25-10-12-4-2-3-5-13(12)11-25/h2-9H,10-11H2,1H3,(H2,20,27). The third-order valence-corrected chi connectivity index (χ3v) is 4.83. The molecule has 1 aliphatic rings. The van der Waals surface area contributed by atoms with E-state index in [4.69, 9.17) is 10.7 Å². The van der Waals surface area contributed by atoms with Crippen LogP contribution in [0.3, 0.4) is 0 Å². The fourth-order valence-corrected chi connectivity index (χ4v) is 3.50. The van der Waals surface area contributed by atoms with Gasteiger partial charge in [0.15, 0.2) is 11.3 Å². The second kappa shape index (κ2) is 5.66. The van der Waals surface area contributed by atoms with Crippen LogP contribution >= 0.6 is 0 Å². The smallest absolute Gasteiger partial charge is 0.269 e. The number of nitrogens with two attached hydrogens (primary N) is 1. The molecule has 1 amide bonds. The van der Waals surface area contributed by atoms with E-state index >= 15 is 0 Å². The zero-order chi connectivity index (χ0) is 18.5. The summed E-state index contributed by atoms with van der Waals surface area (Å²) in [6, 6.07) is 12.0. The number of hydrogen-bond acceptors (Lipinski definition) is 5. The summed E-state index contributed by atoms with van der Waals surface area (Å²) in [5, 5.41) is 8.58. The molecule has 3 aromatic heterocycles. The van der Waals surface area contributed by atoms with Gasteiger partial charge in [0.25, 0.3) is 5.91 Å². The van der Waals surface area contributed by atoms with Gasteiger partial charge >= 0.3 is 0 Å². The highest BCUT2D eigenvalue weighted by atomic mass is 16.1. The van der Waals surface area contributed by atoms with Crippen LogP contribution in [0.4, 0.5) is 5.82 Å². The number of anilines is 1. The van der Waals surface area contributed by atoms with Gasteiger partial charge in [0.05, 0.1) is 11.9 Å². The maximum atomic E-state index is 11.6. The second-order valence-corrected chi connectivity index (χ2v) is 6.69. The molecule has 27 heavy (non-hydrogen) atoms. The van der Waals surface area contributed by atoms with Gasteiger partial charge in [-0.05, 0) is 11.1 Å². The largest absolute Gasteiger partial charge is 0.364 e. The lowest BCUT2D eigenvalue weighted by molar-refractivity contribution is 0.0995. The van der Waals surface area contributed by atoms with E-state index in [0.717, 1.165) is 30.2 Å². The average molecular weight is 359 g/mol. The van der Waals surface area contributed by atoms with Crippen LogP contribution in [0.5, 0.6) is 0 Å². The highest BCUT2D eigenvalue weighted by Gasteiger charge is 2.22. The van der Waals surface area contributed by atoms with E-state index < -0.39 is 5.91 Å². The minimum absolute atomic E-state index is 0.189. The molecule has 8 nitrogen and oxygen atoms in total. The van der Waals surface area contributed by atoms with Crippen molar-refractivity contribution >= 4 is 17.4 Å². The molecule has 0 bridgehead atoms. The van der Waals surface area contributed by atoms with Crippen molar-refractivity contribution in [2.75, 3.05) is 4.90 Å². The van der Waals surface area contributed by atoms with Crippen LogP contribution in [0.1, 0.15) is 21.6 Å². The monoisotopic (exact) mass is 359 g/mol. The maximum Gasteiger partial charge on any atom is 0.269 e. The van der Waals surface area contributed by atoms with Gasteiger partial charge in [0.2, 0.25) is 0 Å². The topological polar surface area (TPSA) is 94.3 Å². The molecular formula is C19H17N7O. The van der Waals surface area contributed by atoms with Crippen molar-refractivity contribution < 1.29 is 4.79 Å². The van der Waals surface area contributed by atoms with Crippen LogP contribution in [0.25, 0.3) is 16.9 Å². The van der Waals surface area contributed by atoms with Crippen molar-refractivity contribution in [3.63, 3.8) is 0 Å². The van der Waals surface area contributed by atoms with Gasteiger partial charge in [0.1, 0.15) is 5.82 Å². The summed E-state index contributed by atoms with van der Waals surface area (Å²) in [7, 11) is 1.86. The van der Waals surface area contributed by atoms with Gasteiger partial charge in [-0.3, -0.25) is 9.48 Å². The van der Waals surface area contributed by atoms with Gasteiger partial charge in [-0.1, -0.05) is 24.3 Å². The fourth-order valence-electron chi connectivity index (χ4n) is 3.50. The van der Waals surface area contributed by atoms with E-state index in [-0.39, 0.29) is 5.69 Å². The first-order chi connectivity index (χ1) is 13.1. The summed E-state index contributed by atoms with van der Waals surface area (Å²) in [5.74, 6) is 0.251. The minimum atomic E-state index is -0.576. The summed E-state index contributed by atoms with van der Waals surface area (Å²) in [4.78, 5) is 18.5. The number of fused-ring (bicyclic) bond motifs is 2. The van der Waals surface area contributed by atoms with Crippen LogP contribution in [0, 0.1) is 0 Å². The molecular weight excluding hydrogens is 342 g/mol. The molecule has 0 saturated heterocycles. The van der Waals surface area contributed by atoms with E-state index in [0.29, 0.717) is 5.65 Å². The SMILES string of the molecule is Cn1cc(-c2cc(N3Cc4ccccc4C3)nc3cc(C(N)=O)nn23)cn1. The van der Waals surface area contributed by atoms with E-state index in [9.17, 15) is 4.79 Å². The first-order valence-electron chi connectivity index (χ1n) is 8.60. The lowest BCUT2D eigenvalue weighted by Crippen LogP contribution is -2.17. The van der Waals surface area contributed by atoms with Crippen LogP contribution in [-0.4, -0.2) is 30.3 Å². The fraction of sp³-hybridized carbons (Fsp3) is 0.158. The van der Waals surface area contributed by atoms with Crippen molar-refractivity contribution in [2.45, 2.75) is 13.1 Å². The summed E-state index contributed by atoms with van der Waals surface area (Å²) in [5.41, 5.74) is 10.5. The van der Waals surface area contributed by atoms with Crippen LogP contribution in [0.15, 0.2) is 48.8 Å². The summed E-state index contributed by atoms with van der Waals surface area (Å²) in [6.45, 7) is 1.59. The number of aromatic nitrogens is 5. The number of carbonyl (C=O) groups is 1. The molecule has 4 heterocycles. The first kappa shape index (κ1) is 15.6. The number of carbonyl (C=O) groups excluding carboxylic acids is 1. The van der Waals surface area contributed by atoms with Crippen LogP contribution < -0.4 is 10.6 Å². The Morgan fingerprint density at radius 3 is 2.52 bits per heavy atom. The van der Waals surface area contributed by atoms with Gasteiger partial charge in [-0.15, -0.1) is 0 Å². The molecule has 0 atom stereocenters. The van der Waals surface area contributed by atoms with E-state index in [1.807, 2.05) is 19.3 Å². The van der Waals surface area contributed by atoms with Crippen molar-refractivity contribution in [3.8, 4) is 11.3 Å².